The highest BCUT2D eigenvalue weighted by Crippen LogP contribution is 2.19. The molecule has 0 aromatic rings. The molecule has 4 heteroatoms. The number of hydrogen-bond donors (Lipinski definition) is 0. The largest absolute Gasteiger partial charge is 0.303 e. The summed E-state index contributed by atoms with van der Waals surface area (Å²) in [6.07, 6.45) is 4.79. The first-order chi connectivity index (χ1) is 9.99. The summed E-state index contributed by atoms with van der Waals surface area (Å²) in [6.45, 7) is 5.56. The summed E-state index contributed by atoms with van der Waals surface area (Å²) in [4.78, 5) is 46.3. The highest BCUT2D eigenvalue weighted by molar-refractivity contribution is 5.94. The molecule has 4 nitrogen and oxygen atoms in total. The molecule has 0 saturated carbocycles. The fourth-order valence-corrected chi connectivity index (χ4v) is 2.32. The Morgan fingerprint density at radius 3 is 2.10 bits per heavy atom. The van der Waals surface area contributed by atoms with Crippen molar-refractivity contribution in [3.8, 4) is 0 Å². The predicted molar refractivity (Wildman–Crippen MR) is 82.0 cm³/mol. The summed E-state index contributed by atoms with van der Waals surface area (Å²) in [5, 5.41) is 0. The maximum Gasteiger partial charge on any atom is 0.142 e. The van der Waals surface area contributed by atoms with Crippen molar-refractivity contribution in [1.82, 2.24) is 0 Å². The minimum absolute atomic E-state index is 0.0148. The van der Waals surface area contributed by atoms with Crippen LogP contribution in [0, 0.1) is 11.8 Å². The van der Waals surface area contributed by atoms with Crippen molar-refractivity contribution >= 4 is 23.6 Å². The molecular formula is C17H28O4. The van der Waals surface area contributed by atoms with E-state index < -0.39 is 5.92 Å². The number of hydrogen-bond acceptors (Lipinski definition) is 4. The SMILES string of the molecule is CCCCC(CC(=O)CC)C(=O)CCC(C=O)C(=O)CC. The number of rotatable bonds is 13. The number of unbranched alkanes of at least 4 members (excludes halogenated alkanes) is 1. The first-order valence-electron chi connectivity index (χ1n) is 8.02. The van der Waals surface area contributed by atoms with E-state index in [-0.39, 0.29) is 36.1 Å². The zero-order valence-corrected chi connectivity index (χ0v) is 13.5. The van der Waals surface area contributed by atoms with Gasteiger partial charge in [-0.25, -0.2) is 0 Å². The van der Waals surface area contributed by atoms with Crippen molar-refractivity contribution in [1.29, 1.82) is 0 Å². The molecule has 21 heavy (non-hydrogen) atoms. The Kier molecular flexibility index (Phi) is 10.6. The zero-order valence-electron chi connectivity index (χ0n) is 13.5. The van der Waals surface area contributed by atoms with Crippen LogP contribution in [0.25, 0.3) is 0 Å². The standard InChI is InChI=1S/C17H28O4/c1-4-7-8-13(11-15(19)5-2)17(21)10-9-14(12-18)16(20)6-3/h12-14H,4-11H2,1-3H3. The lowest BCUT2D eigenvalue weighted by atomic mass is 9.87. The van der Waals surface area contributed by atoms with E-state index in [1.54, 1.807) is 13.8 Å². The summed E-state index contributed by atoms with van der Waals surface area (Å²) >= 11 is 0. The molecular weight excluding hydrogens is 268 g/mol. The normalized spacial score (nSPS) is 13.5. The van der Waals surface area contributed by atoms with Crippen molar-refractivity contribution in [2.75, 3.05) is 0 Å². The molecule has 0 aromatic heterocycles. The summed E-state index contributed by atoms with van der Waals surface area (Å²) in [5.41, 5.74) is 0. The molecule has 0 bridgehead atoms. The molecule has 0 aromatic carbocycles. The van der Waals surface area contributed by atoms with Crippen LogP contribution in [0.2, 0.25) is 0 Å². The van der Waals surface area contributed by atoms with Crippen molar-refractivity contribution in [2.24, 2.45) is 11.8 Å². The quantitative estimate of drug-likeness (QED) is 0.386. The Hall–Kier alpha value is -1.32. The van der Waals surface area contributed by atoms with Gasteiger partial charge in [0.2, 0.25) is 0 Å². The van der Waals surface area contributed by atoms with Gasteiger partial charge >= 0.3 is 0 Å². The van der Waals surface area contributed by atoms with Gasteiger partial charge < -0.3 is 4.79 Å². The second-order valence-electron chi connectivity index (χ2n) is 5.50. The van der Waals surface area contributed by atoms with Crippen LogP contribution in [0.3, 0.4) is 0 Å². The van der Waals surface area contributed by atoms with Crippen LogP contribution < -0.4 is 0 Å². The number of Topliss-reactive ketones (excluding diaryl/α,β-unsaturated/α-hetero) is 3. The van der Waals surface area contributed by atoms with Gasteiger partial charge in [0, 0.05) is 31.6 Å². The second kappa shape index (κ2) is 11.4. The van der Waals surface area contributed by atoms with E-state index in [2.05, 4.69) is 0 Å². The number of aldehydes is 1. The average Bonchev–Trinajstić information content (AvgIpc) is 2.50. The zero-order chi connectivity index (χ0) is 16.3. The minimum atomic E-state index is -0.673. The monoisotopic (exact) mass is 296 g/mol. The Morgan fingerprint density at radius 2 is 1.62 bits per heavy atom. The summed E-state index contributed by atoms with van der Waals surface area (Å²) in [6, 6.07) is 0. The van der Waals surface area contributed by atoms with Crippen molar-refractivity contribution in [3.63, 3.8) is 0 Å². The van der Waals surface area contributed by atoms with E-state index in [0.29, 0.717) is 32.0 Å². The van der Waals surface area contributed by atoms with Gasteiger partial charge in [0.15, 0.2) is 0 Å². The molecule has 2 unspecified atom stereocenters. The molecule has 2 atom stereocenters. The number of ketones is 3. The van der Waals surface area contributed by atoms with Gasteiger partial charge in [-0.15, -0.1) is 0 Å². The molecule has 0 heterocycles. The van der Waals surface area contributed by atoms with Crippen LogP contribution in [0.5, 0.6) is 0 Å². The van der Waals surface area contributed by atoms with Gasteiger partial charge in [-0.2, -0.15) is 0 Å². The summed E-state index contributed by atoms with van der Waals surface area (Å²) in [5.74, 6) is -0.927. The molecule has 0 radical (unpaired) electrons. The number of carbonyl (C=O) groups excluding carboxylic acids is 4. The minimum Gasteiger partial charge on any atom is -0.303 e. The van der Waals surface area contributed by atoms with Crippen LogP contribution in [0.1, 0.15) is 72.1 Å². The smallest absolute Gasteiger partial charge is 0.142 e. The predicted octanol–water partition coefficient (Wildman–Crippen LogP) is 3.31. The lowest BCUT2D eigenvalue weighted by Crippen LogP contribution is -2.21. The molecule has 0 rings (SSSR count). The molecule has 0 aliphatic rings. The topological polar surface area (TPSA) is 68.3 Å². The van der Waals surface area contributed by atoms with E-state index >= 15 is 0 Å². The van der Waals surface area contributed by atoms with Crippen molar-refractivity contribution in [3.05, 3.63) is 0 Å². The molecule has 0 spiro atoms. The van der Waals surface area contributed by atoms with E-state index in [0.717, 1.165) is 12.8 Å². The second-order valence-corrected chi connectivity index (χ2v) is 5.50. The molecule has 120 valence electrons. The Morgan fingerprint density at radius 1 is 0.952 bits per heavy atom. The highest BCUT2D eigenvalue weighted by Gasteiger charge is 2.23. The molecule has 0 saturated heterocycles. The van der Waals surface area contributed by atoms with Gasteiger partial charge in [0.1, 0.15) is 23.6 Å². The molecule has 0 aliphatic heterocycles. The van der Waals surface area contributed by atoms with Crippen LogP contribution in [0.4, 0.5) is 0 Å². The summed E-state index contributed by atoms with van der Waals surface area (Å²) in [7, 11) is 0. The fraction of sp³-hybridized carbons (Fsp3) is 0.765. The van der Waals surface area contributed by atoms with Gasteiger partial charge in [0.05, 0.1) is 5.92 Å². The maximum atomic E-state index is 12.3. The average molecular weight is 296 g/mol. The van der Waals surface area contributed by atoms with Gasteiger partial charge in [-0.1, -0.05) is 33.6 Å². The third kappa shape index (κ3) is 7.88. The van der Waals surface area contributed by atoms with Crippen molar-refractivity contribution in [2.45, 2.75) is 72.1 Å². The highest BCUT2D eigenvalue weighted by atomic mass is 16.1. The molecule has 0 N–H and O–H groups in total. The van der Waals surface area contributed by atoms with E-state index in [9.17, 15) is 19.2 Å². The van der Waals surface area contributed by atoms with E-state index in [1.165, 1.54) is 0 Å². The number of carbonyl (C=O) groups is 4. The van der Waals surface area contributed by atoms with E-state index in [4.69, 9.17) is 0 Å². The Balaban J connectivity index is 4.54. The Bertz CT molecular complexity index is 360. The third-order valence-corrected chi connectivity index (χ3v) is 3.86. The van der Waals surface area contributed by atoms with Crippen molar-refractivity contribution < 1.29 is 19.2 Å². The molecule has 0 fully saturated rings. The molecule has 0 aliphatic carbocycles. The van der Waals surface area contributed by atoms with Crippen LogP contribution in [0.15, 0.2) is 0 Å². The fourth-order valence-electron chi connectivity index (χ4n) is 2.32. The lowest BCUT2D eigenvalue weighted by Gasteiger charge is -2.15. The van der Waals surface area contributed by atoms with Gasteiger partial charge in [-0.3, -0.25) is 14.4 Å². The third-order valence-electron chi connectivity index (χ3n) is 3.86. The first kappa shape index (κ1) is 19.7. The summed E-state index contributed by atoms with van der Waals surface area (Å²) < 4.78 is 0. The maximum absolute atomic E-state index is 12.3. The first-order valence-corrected chi connectivity index (χ1v) is 8.02. The van der Waals surface area contributed by atoms with Crippen LogP contribution >= 0.6 is 0 Å². The van der Waals surface area contributed by atoms with Gasteiger partial charge in [0.25, 0.3) is 0 Å². The van der Waals surface area contributed by atoms with E-state index in [1.807, 2.05) is 6.92 Å². The Labute approximate surface area is 127 Å². The lowest BCUT2D eigenvalue weighted by molar-refractivity contribution is -0.130. The van der Waals surface area contributed by atoms with Crippen LogP contribution in [-0.4, -0.2) is 23.6 Å². The van der Waals surface area contributed by atoms with Gasteiger partial charge in [-0.05, 0) is 12.8 Å². The van der Waals surface area contributed by atoms with Crippen LogP contribution in [-0.2, 0) is 19.2 Å². The molecule has 0 amide bonds.